The van der Waals surface area contributed by atoms with Gasteiger partial charge in [-0.15, -0.1) is 0 Å². The molecule has 3 rings (SSSR count). The van der Waals surface area contributed by atoms with Crippen molar-refractivity contribution in [1.82, 2.24) is 10.7 Å². The van der Waals surface area contributed by atoms with Crippen LogP contribution in [0.5, 0.6) is 5.75 Å². The van der Waals surface area contributed by atoms with Crippen molar-refractivity contribution in [1.29, 1.82) is 0 Å². The van der Waals surface area contributed by atoms with E-state index in [0.29, 0.717) is 21.9 Å². The summed E-state index contributed by atoms with van der Waals surface area (Å²) in [5.41, 5.74) is 3.53. The van der Waals surface area contributed by atoms with Crippen LogP contribution in [0.15, 0.2) is 77.9 Å². The van der Waals surface area contributed by atoms with E-state index in [2.05, 4.69) is 15.8 Å². The number of esters is 1. The van der Waals surface area contributed by atoms with Gasteiger partial charge in [-0.05, 0) is 78.4 Å². The molecule has 0 unspecified atom stereocenters. The number of ether oxygens (including phenoxy) is 1. The molecule has 0 heterocycles. The van der Waals surface area contributed by atoms with Crippen LogP contribution in [0.3, 0.4) is 0 Å². The minimum atomic E-state index is -0.537. The number of halogens is 2. The minimum absolute atomic E-state index is 0.236. The Labute approximate surface area is 187 Å². The summed E-state index contributed by atoms with van der Waals surface area (Å²) in [6.07, 6.45) is 1.39. The van der Waals surface area contributed by atoms with Crippen LogP contribution in [0.4, 0.5) is 4.39 Å². The number of hydrogen-bond acceptors (Lipinski definition) is 5. The summed E-state index contributed by atoms with van der Waals surface area (Å²) in [5.74, 6) is -1.67. The van der Waals surface area contributed by atoms with Crippen molar-refractivity contribution in [2.45, 2.75) is 0 Å². The highest BCUT2D eigenvalue weighted by molar-refractivity contribution is 6.30. The van der Waals surface area contributed by atoms with Gasteiger partial charge in [0.2, 0.25) is 0 Å². The van der Waals surface area contributed by atoms with Crippen LogP contribution < -0.4 is 15.5 Å². The molecular weight excluding hydrogens is 437 g/mol. The standard InChI is InChI=1S/C23H17ClFN3O4/c24-18-7-3-17(4-8-18)23(31)32-20-11-1-15(2-12-20)13-27-28-21(29)14-26-22(30)16-5-9-19(25)10-6-16/h1-13H,14H2,(H,26,30)(H,28,29)/b27-13+. The predicted molar refractivity (Wildman–Crippen MR) is 117 cm³/mol. The molecule has 0 aliphatic carbocycles. The van der Waals surface area contributed by atoms with E-state index in [1.54, 1.807) is 48.5 Å². The first-order chi connectivity index (χ1) is 15.4. The van der Waals surface area contributed by atoms with Crippen LogP contribution in [-0.2, 0) is 4.79 Å². The second-order valence-corrected chi connectivity index (χ2v) is 6.88. The molecule has 3 aromatic carbocycles. The summed E-state index contributed by atoms with van der Waals surface area (Å²) in [7, 11) is 0. The fourth-order valence-electron chi connectivity index (χ4n) is 2.46. The van der Waals surface area contributed by atoms with Gasteiger partial charge >= 0.3 is 5.97 Å². The van der Waals surface area contributed by atoms with Crippen LogP contribution in [0, 0.1) is 5.82 Å². The Kier molecular flexibility index (Phi) is 7.66. The molecule has 0 saturated carbocycles. The Morgan fingerprint density at radius 2 is 1.53 bits per heavy atom. The lowest BCUT2D eigenvalue weighted by Crippen LogP contribution is -2.34. The third-order valence-electron chi connectivity index (χ3n) is 4.09. The molecule has 0 aromatic heterocycles. The van der Waals surface area contributed by atoms with Gasteiger partial charge in [-0.3, -0.25) is 9.59 Å². The van der Waals surface area contributed by atoms with Gasteiger partial charge in [0, 0.05) is 10.6 Å². The van der Waals surface area contributed by atoms with Gasteiger partial charge in [0.1, 0.15) is 11.6 Å². The summed E-state index contributed by atoms with van der Waals surface area (Å²) in [6.45, 7) is -0.298. The molecule has 0 aliphatic heterocycles. The molecule has 2 amide bonds. The monoisotopic (exact) mass is 453 g/mol. The van der Waals surface area contributed by atoms with Crippen molar-refractivity contribution in [2.75, 3.05) is 6.54 Å². The highest BCUT2D eigenvalue weighted by atomic mass is 35.5. The molecule has 0 spiro atoms. The lowest BCUT2D eigenvalue weighted by Gasteiger charge is -2.05. The van der Waals surface area contributed by atoms with E-state index in [-0.39, 0.29) is 12.1 Å². The van der Waals surface area contributed by atoms with Crippen molar-refractivity contribution < 1.29 is 23.5 Å². The van der Waals surface area contributed by atoms with Crippen LogP contribution in [0.25, 0.3) is 0 Å². The normalized spacial score (nSPS) is 10.6. The average Bonchev–Trinajstić information content (AvgIpc) is 2.79. The SMILES string of the molecule is O=C(CNC(=O)c1ccc(F)cc1)N/N=C/c1ccc(OC(=O)c2ccc(Cl)cc2)cc1. The Bertz CT molecular complexity index is 1130. The first kappa shape index (κ1) is 22.6. The van der Waals surface area contributed by atoms with Crippen molar-refractivity contribution in [3.8, 4) is 5.75 Å². The van der Waals surface area contributed by atoms with Gasteiger partial charge in [-0.25, -0.2) is 14.6 Å². The van der Waals surface area contributed by atoms with Gasteiger partial charge in [0.05, 0.1) is 18.3 Å². The maximum absolute atomic E-state index is 12.9. The summed E-state index contributed by atoms with van der Waals surface area (Å²) < 4.78 is 18.1. The quantitative estimate of drug-likeness (QED) is 0.247. The largest absolute Gasteiger partial charge is 0.423 e. The molecule has 9 heteroatoms. The van der Waals surface area contributed by atoms with E-state index < -0.39 is 23.6 Å². The number of nitrogens with one attached hydrogen (secondary N) is 2. The number of carbonyl (C=O) groups excluding carboxylic acids is 3. The Hall–Kier alpha value is -4.04. The van der Waals surface area contributed by atoms with Gasteiger partial charge in [0.15, 0.2) is 0 Å². The summed E-state index contributed by atoms with van der Waals surface area (Å²) in [4.78, 5) is 35.8. The maximum Gasteiger partial charge on any atom is 0.343 e. The number of carbonyl (C=O) groups is 3. The van der Waals surface area contributed by atoms with Crippen molar-refractivity contribution >= 4 is 35.6 Å². The molecule has 3 aromatic rings. The third-order valence-corrected chi connectivity index (χ3v) is 4.34. The molecule has 32 heavy (non-hydrogen) atoms. The molecule has 0 saturated heterocycles. The van der Waals surface area contributed by atoms with Crippen LogP contribution in [-0.4, -0.2) is 30.5 Å². The van der Waals surface area contributed by atoms with E-state index in [1.165, 1.54) is 18.3 Å². The number of hydrazone groups is 1. The zero-order valence-electron chi connectivity index (χ0n) is 16.5. The van der Waals surface area contributed by atoms with Crippen LogP contribution >= 0.6 is 11.6 Å². The highest BCUT2D eigenvalue weighted by Gasteiger charge is 2.09. The second-order valence-electron chi connectivity index (χ2n) is 6.45. The molecule has 0 radical (unpaired) electrons. The molecular formula is C23H17ClFN3O4. The second kappa shape index (κ2) is 10.8. The highest BCUT2D eigenvalue weighted by Crippen LogP contribution is 2.15. The smallest absolute Gasteiger partial charge is 0.343 e. The molecule has 162 valence electrons. The van der Waals surface area contributed by atoms with E-state index in [9.17, 15) is 18.8 Å². The van der Waals surface area contributed by atoms with E-state index in [4.69, 9.17) is 16.3 Å². The number of amides is 2. The average molecular weight is 454 g/mol. The van der Waals surface area contributed by atoms with Gasteiger partial charge in [0.25, 0.3) is 11.8 Å². The van der Waals surface area contributed by atoms with E-state index in [0.717, 1.165) is 12.1 Å². The summed E-state index contributed by atoms with van der Waals surface area (Å²) >= 11 is 5.80. The van der Waals surface area contributed by atoms with Crippen molar-refractivity contribution in [2.24, 2.45) is 5.10 Å². The fraction of sp³-hybridized carbons (Fsp3) is 0.0435. The van der Waals surface area contributed by atoms with E-state index >= 15 is 0 Å². The van der Waals surface area contributed by atoms with Crippen LogP contribution in [0.2, 0.25) is 5.02 Å². The first-order valence-corrected chi connectivity index (χ1v) is 9.72. The Morgan fingerprint density at radius 1 is 0.906 bits per heavy atom. The van der Waals surface area contributed by atoms with Gasteiger partial charge < -0.3 is 10.1 Å². The summed E-state index contributed by atoms with van der Waals surface area (Å²) in [5, 5.41) is 6.73. The van der Waals surface area contributed by atoms with E-state index in [1.807, 2.05) is 0 Å². The maximum atomic E-state index is 12.9. The Morgan fingerprint density at radius 3 is 2.19 bits per heavy atom. The zero-order valence-corrected chi connectivity index (χ0v) is 17.3. The van der Waals surface area contributed by atoms with Crippen LogP contribution in [0.1, 0.15) is 26.3 Å². The molecule has 2 N–H and O–H groups in total. The number of hydrogen-bond donors (Lipinski definition) is 2. The molecule has 0 aliphatic rings. The molecule has 0 atom stereocenters. The number of rotatable bonds is 7. The third kappa shape index (κ3) is 6.75. The fourth-order valence-corrected chi connectivity index (χ4v) is 2.58. The van der Waals surface area contributed by atoms with Crippen molar-refractivity contribution in [3.05, 3.63) is 100 Å². The lowest BCUT2D eigenvalue weighted by atomic mass is 10.2. The molecule has 0 bridgehead atoms. The number of nitrogens with zero attached hydrogens (tertiary/aromatic N) is 1. The topological polar surface area (TPSA) is 96.9 Å². The zero-order chi connectivity index (χ0) is 22.9. The Balaban J connectivity index is 1.44. The predicted octanol–water partition coefficient (Wildman–Crippen LogP) is 3.58. The lowest BCUT2D eigenvalue weighted by molar-refractivity contribution is -0.120. The van der Waals surface area contributed by atoms with Gasteiger partial charge in [-0.2, -0.15) is 5.10 Å². The minimum Gasteiger partial charge on any atom is -0.423 e. The molecule has 0 fully saturated rings. The van der Waals surface area contributed by atoms with Gasteiger partial charge in [-0.1, -0.05) is 11.6 Å². The van der Waals surface area contributed by atoms with Crippen molar-refractivity contribution in [3.63, 3.8) is 0 Å². The first-order valence-electron chi connectivity index (χ1n) is 9.34. The molecule has 7 nitrogen and oxygen atoms in total. The number of benzene rings is 3. The summed E-state index contributed by atoms with van der Waals surface area (Å²) in [6, 6.07) is 17.7.